The van der Waals surface area contributed by atoms with Gasteiger partial charge in [-0.3, -0.25) is 38.4 Å². The topological polar surface area (TPSA) is 375 Å². The summed E-state index contributed by atoms with van der Waals surface area (Å²) in [5.41, 5.74) is 26.1. The second-order valence-corrected chi connectivity index (χ2v) is 19.1. The molecule has 24 heteroatoms. The van der Waals surface area contributed by atoms with Gasteiger partial charge in [-0.1, -0.05) is 63.6 Å². The Kier molecular flexibility index (Phi) is 18.3. The molecule has 8 amide bonds. The number of nitrogens with one attached hydrogen (secondary N) is 6. The van der Waals surface area contributed by atoms with Crippen molar-refractivity contribution >= 4 is 54.4 Å². The molecule has 0 radical (unpaired) electrons. The van der Waals surface area contributed by atoms with Crippen molar-refractivity contribution in [2.75, 3.05) is 20.2 Å². The Morgan fingerprint density at radius 3 is 1.96 bits per heavy atom. The van der Waals surface area contributed by atoms with Gasteiger partial charge >= 0.3 is 7.12 Å². The number of benzene rings is 2. The number of rotatable bonds is 23. The summed E-state index contributed by atoms with van der Waals surface area (Å²) in [6, 6.07) is 8.68. The van der Waals surface area contributed by atoms with Gasteiger partial charge in [0.25, 0.3) is 17.7 Å². The number of nitrogens with two attached hydrogens (primary N) is 4. The van der Waals surface area contributed by atoms with Crippen LogP contribution in [0.25, 0.3) is 11.1 Å². The van der Waals surface area contributed by atoms with Crippen molar-refractivity contribution in [3.8, 4) is 11.1 Å². The minimum Gasteiger partial charge on any atom is -0.403 e. The van der Waals surface area contributed by atoms with Crippen molar-refractivity contribution in [3.63, 3.8) is 0 Å². The van der Waals surface area contributed by atoms with Gasteiger partial charge in [-0.25, -0.2) is 0 Å². The fourth-order valence-corrected chi connectivity index (χ4v) is 9.45. The summed E-state index contributed by atoms with van der Waals surface area (Å²) in [4.78, 5) is 104. The summed E-state index contributed by atoms with van der Waals surface area (Å²) in [6.45, 7) is 7.97. The molecule has 382 valence electrons. The Balaban J connectivity index is 1.07. The summed E-state index contributed by atoms with van der Waals surface area (Å²) in [6.07, 6.45) is -1.26. The summed E-state index contributed by atoms with van der Waals surface area (Å²) in [5, 5.41) is 34.0. The van der Waals surface area contributed by atoms with Crippen LogP contribution in [0.5, 0.6) is 0 Å². The van der Waals surface area contributed by atoms with Crippen molar-refractivity contribution in [1.82, 2.24) is 36.8 Å². The molecular weight excluding hydrogens is 909 g/mol. The highest BCUT2D eigenvalue weighted by molar-refractivity contribution is 6.47. The SMILES string of the molecule is CCCCc1ccc(-c2ccc(C(=O)N[C@H](CO)C(=O)N[C@H](N)C(=O)NCC(=O)N(C)[C@H](C(=O)N[C@@H](N)C(=O)N[C@@H](CC(N)=O)C(=O)N[C@@H](N)B3OC4C[C@@H]5C[C@@H](C5(C)C)[C@]4(C)O3)[C@@H](C)O)cc2)cc1. The molecular formula is C46H68BN11O12. The maximum absolute atomic E-state index is 13.3. The van der Waals surface area contributed by atoms with E-state index in [2.05, 4.69) is 64.8 Å². The van der Waals surface area contributed by atoms with Gasteiger partial charge in [-0.15, -0.1) is 0 Å². The molecule has 16 N–H and O–H groups in total. The summed E-state index contributed by atoms with van der Waals surface area (Å²) < 4.78 is 12.4. The standard InChI is InChI=1S/C46H68BN11O12/c1-7-8-9-24-10-12-25(13-11-24)26-14-16-27(17-15-26)38(63)54-30(22-59)40(65)55-36(49)42(67)52-21-34(62)58(6)35(23(2)60)41(66)56-37(50)43(68)53-29(20-33(48)61)39(64)57-44(51)47-69-32-19-28-18-31(45(28,3)4)46(32,5)70-47/h10-17,23,28-32,35-37,44,59-60H,7-9,18-22,49-51H2,1-6H3,(H2,48,61)(H,52,67)(H,53,68)(H,54,63)(H,55,65)(H,56,66)(H,57,64)/t23-,28+,29+,30-,31+,32?,35+,36+,37-,44-,46+/m1/s1. The van der Waals surface area contributed by atoms with E-state index in [0.29, 0.717) is 5.92 Å². The lowest BCUT2D eigenvalue weighted by Crippen LogP contribution is -2.65. The predicted octanol–water partition coefficient (Wildman–Crippen LogP) is -3.06. The van der Waals surface area contributed by atoms with Crippen LogP contribution in [-0.4, -0.2) is 144 Å². The molecule has 0 aromatic heterocycles. The van der Waals surface area contributed by atoms with Crippen LogP contribution < -0.4 is 54.8 Å². The molecule has 3 aliphatic carbocycles. The number of hydrogen-bond acceptors (Lipinski definition) is 15. The number of primary amides is 1. The molecule has 1 aliphatic heterocycles. The van der Waals surface area contributed by atoms with E-state index in [1.54, 1.807) is 24.3 Å². The second kappa shape index (κ2) is 23.3. The molecule has 4 aliphatic rings. The number of carbonyl (C=O) groups excluding carboxylic acids is 8. The fourth-order valence-electron chi connectivity index (χ4n) is 9.45. The molecule has 2 aromatic rings. The Labute approximate surface area is 406 Å². The zero-order valence-corrected chi connectivity index (χ0v) is 40.4. The monoisotopic (exact) mass is 978 g/mol. The first kappa shape index (κ1) is 54.9. The van der Waals surface area contributed by atoms with Crippen LogP contribution in [0.2, 0.25) is 0 Å². The highest BCUT2D eigenvalue weighted by atomic mass is 16.7. The quantitative estimate of drug-likeness (QED) is 0.0389. The lowest BCUT2D eigenvalue weighted by Gasteiger charge is -2.64. The predicted molar refractivity (Wildman–Crippen MR) is 254 cm³/mol. The molecule has 6 rings (SSSR count). The van der Waals surface area contributed by atoms with E-state index in [9.17, 15) is 48.6 Å². The number of amides is 8. The number of aliphatic hydroxyl groups is 2. The number of nitrogens with zero attached hydrogens (tertiary/aromatic N) is 1. The third-order valence-electron chi connectivity index (χ3n) is 13.8. The highest BCUT2D eigenvalue weighted by Gasteiger charge is 2.68. The first-order valence-corrected chi connectivity index (χ1v) is 23.3. The van der Waals surface area contributed by atoms with Gasteiger partial charge in [0.1, 0.15) is 24.2 Å². The number of unbranched alkanes of at least 4 members (excludes halogenated alkanes) is 1. The smallest absolute Gasteiger partial charge is 0.403 e. The molecule has 1 heterocycles. The number of aryl methyl sites for hydroxylation is 1. The maximum atomic E-state index is 13.3. The molecule has 0 spiro atoms. The molecule has 2 bridgehead atoms. The minimum absolute atomic E-state index is 0.0470. The van der Waals surface area contributed by atoms with E-state index in [1.165, 1.54) is 5.56 Å². The van der Waals surface area contributed by atoms with Crippen LogP contribution >= 0.6 is 0 Å². The Morgan fingerprint density at radius 1 is 0.800 bits per heavy atom. The van der Waals surface area contributed by atoms with Crippen molar-refractivity contribution in [3.05, 3.63) is 59.7 Å². The van der Waals surface area contributed by atoms with Crippen LogP contribution in [0.1, 0.15) is 82.6 Å². The van der Waals surface area contributed by atoms with Gasteiger partial charge in [0.15, 0.2) is 12.3 Å². The van der Waals surface area contributed by atoms with E-state index in [1.807, 2.05) is 19.1 Å². The number of aliphatic hydroxyl groups excluding tert-OH is 2. The number of likely N-dealkylation sites (N-methyl/N-ethyl adjacent to an activating group) is 1. The summed E-state index contributed by atoms with van der Waals surface area (Å²) in [7, 11) is 0.0778. The first-order valence-electron chi connectivity index (χ1n) is 23.3. The highest BCUT2D eigenvalue weighted by Crippen LogP contribution is 2.65. The Bertz CT molecular complexity index is 2250. The van der Waals surface area contributed by atoms with Crippen molar-refractivity contribution in [2.45, 2.75) is 127 Å². The van der Waals surface area contributed by atoms with E-state index in [4.69, 9.17) is 32.2 Å². The molecule has 1 saturated heterocycles. The summed E-state index contributed by atoms with van der Waals surface area (Å²) >= 11 is 0. The van der Waals surface area contributed by atoms with Crippen LogP contribution in [0.3, 0.4) is 0 Å². The average molecular weight is 978 g/mol. The van der Waals surface area contributed by atoms with Crippen LogP contribution in [0.15, 0.2) is 48.5 Å². The zero-order valence-electron chi connectivity index (χ0n) is 40.4. The van der Waals surface area contributed by atoms with Gasteiger partial charge in [0, 0.05) is 12.6 Å². The lowest BCUT2D eigenvalue weighted by atomic mass is 9.43. The zero-order chi connectivity index (χ0) is 51.8. The summed E-state index contributed by atoms with van der Waals surface area (Å²) in [5.74, 6) is -7.24. The number of carbonyl (C=O) groups is 8. The molecule has 2 aromatic carbocycles. The van der Waals surface area contributed by atoms with Gasteiger partial charge in [-0.05, 0) is 85.6 Å². The van der Waals surface area contributed by atoms with Gasteiger partial charge in [-0.2, -0.15) is 0 Å². The van der Waals surface area contributed by atoms with Crippen molar-refractivity contribution < 1.29 is 57.9 Å². The van der Waals surface area contributed by atoms with Gasteiger partial charge < -0.3 is 79.3 Å². The average Bonchev–Trinajstić information content (AvgIpc) is 3.68. The Morgan fingerprint density at radius 2 is 1.39 bits per heavy atom. The largest absolute Gasteiger partial charge is 0.497 e. The lowest BCUT2D eigenvalue weighted by molar-refractivity contribution is -0.199. The number of hydrogen-bond donors (Lipinski definition) is 12. The molecule has 3 saturated carbocycles. The van der Waals surface area contributed by atoms with Crippen LogP contribution in [-0.2, 0) is 49.3 Å². The van der Waals surface area contributed by atoms with Crippen LogP contribution in [0, 0.1) is 17.3 Å². The molecule has 23 nitrogen and oxygen atoms in total. The van der Waals surface area contributed by atoms with Gasteiger partial charge in [0.2, 0.25) is 29.5 Å². The van der Waals surface area contributed by atoms with E-state index >= 15 is 0 Å². The Hall–Kier alpha value is -6.02. The molecule has 1 unspecified atom stereocenters. The molecule has 70 heavy (non-hydrogen) atoms. The third kappa shape index (κ3) is 12.8. The van der Waals surface area contributed by atoms with E-state index < -0.39 is 122 Å². The normalized spacial score (nSPS) is 22.7. The molecule has 11 atom stereocenters. The van der Waals surface area contributed by atoms with E-state index in [-0.39, 0.29) is 23.0 Å². The van der Waals surface area contributed by atoms with Crippen molar-refractivity contribution in [1.29, 1.82) is 0 Å². The second-order valence-electron chi connectivity index (χ2n) is 19.1. The van der Waals surface area contributed by atoms with Gasteiger partial charge in [0.05, 0.1) is 37.4 Å². The van der Waals surface area contributed by atoms with Crippen molar-refractivity contribution in [2.24, 2.45) is 40.2 Å². The third-order valence-corrected chi connectivity index (χ3v) is 13.8. The first-order chi connectivity index (χ1) is 32.9. The fraction of sp³-hybridized carbons (Fsp3) is 0.565. The van der Waals surface area contributed by atoms with Crippen LogP contribution in [0.4, 0.5) is 0 Å². The molecule has 4 fully saturated rings. The maximum Gasteiger partial charge on any atom is 0.497 e. The minimum atomic E-state index is -1.90. The van der Waals surface area contributed by atoms with E-state index in [0.717, 1.165) is 62.1 Å².